The normalized spacial score (nSPS) is 12.7. The molecule has 1 heterocycles. The second kappa shape index (κ2) is 6.62. The average Bonchev–Trinajstić information content (AvgIpc) is 2.85. The number of ether oxygens (including phenoxy) is 1. The molecular formula is C17H23NO2. The zero-order valence-electron chi connectivity index (χ0n) is 12.6. The predicted octanol–water partition coefficient (Wildman–Crippen LogP) is 4.08. The molecular weight excluding hydrogens is 250 g/mol. The van der Waals surface area contributed by atoms with E-state index in [9.17, 15) is 0 Å². The van der Waals surface area contributed by atoms with Crippen LogP contribution >= 0.6 is 0 Å². The third-order valence-electron chi connectivity index (χ3n) is 3.43. The molecule has 1 aromatic heterocycles. The summed E-state index contributed by atoms with van der Waals surface area (Å²) in [6.45, 7) is 7.14. The number of nitrogens with one attached hydrogen (secondary N) is 1. The Hall–Kier alpha value is -1.74. The fourth-order valence-electron chi connectivity index (χ4n) is 2.34. The molecule has 1 atom stereocenters. The highest BCUT2D eigenvalue weighted by atomic mass is 16.5. The van der Waals surface area contributed by atoms with E-state index in [0.29, 0.717) is 12.0 Å². The van der Waals surface area contributed by atoms with Gasteiger partial charge >= 0.3 is 0 Å². The van der Waals surface area contributed by atoms with E-state index < -0.39 is 0 Å². The first-order valence-corrected chi connectivity index (χ1v) is 7.03. The first-order chi connectivity index (χ1) is 9.60. The molecule has 2 rings (SSSR count). The smallest absolute Gasteiger partial charge is 0.118 e. The van der Waals surface area contributed by atoms with Crippen molar-refractivity contribution in [3.8, 4) is 5.75 Å². The van der Waals surface area contributed by atoms with Crippen LogP contribution in [0.3, 0.4) is 0 Å². The Morgan fingerprint density at radius 3 is 2.30 bits per heavy atom. The maximum Gasteiger partial charge on any atom is 0.118 e. The minimum absolute atomic E-state index is 0.298. The first kappa shape index (κ1) is 14.7. The number of rotatable bonds is 6. The summed E-state index contributed by atoms with van der Waals surface area (Å²) >= 11 is 0. The number of methoxy groups -OCH3 is 1. The second-order valence-corrected chi connectivity index (χ2v) is 5.39. The van der Waals surface area contributed by atoms with Gasteiger partial charge in [0.05, 0.1) is 13.7 Å². The maximum absolute atomic E-state index is 5.60. The van der Waals surface area contributed by atoms with Crippen LogP contribution in [0.1, 0.15) is 37.0 Å². The minimum atomic E-state index is 0.298. The van der Waals surface area contributed by atoms with Crippen molar-refractivity contribution in [2.75, 3.05) is 7.11 Å². The van der Waals surface area contributed by atoms with Crippen LogP contribution in [-0.4, -0.2) is 7.11 Å². The Morgan fingerprint density at radius 2 is 1.80 bits per heavy atom. The van der Waals surface area contributed by atoms with Gasteiger partial charge in [-0.2, -0.15) is 0 Å². The summed E-state index contributed by atoms with van der Waals surface area (Å²) in [7, 11) is 1.69. The fraction of sp³-hybridized carbons (Fsp3) is 0.412. The van der Waals surface area contributed by atoms with E-state index in [1.165, 1.54) is 5.56 Å². The summed E-state index contributed by atoms with van der Waals surface area (Å²) in [4.78, 5) is 0. The molecule has 1 aromatic carbocycles. The Balaban J connectivity index is 2.06. The molecule has 0 aliphatic rings. The molecule has 2 aromatic rings. The van der Waals surface area contributed by atoms with Crippen molar-refractivity contribution in [1.82, 2.24) is 5.32 Å². The zero-order valence-corrected chi connectivity index (χ0v) is 12.6. The van der Waals surface area contributed by atoms with Crippen molar-refractivity contribution >= 4 is 0 Å². The van der Waals surface area contributed by atoms with Crippen LogP contribution < -0.4 is 10.1 Å². The SMILES string of the molecule is COc1ccc(C(NCc2ccc(C)o2)C(C)C)cc1. The molecule has 3 heteroatoms. The van der Waals surface area contributed by atoms with Gasteiger partial charge in [-0.3, -0.25) is 0 Å². The second-order valence-electron chi connectivity index (χ2n) is 5.39. The molecule has 0 saturated heterocycles. The number of hydrogen-bond acceptors (Lipinski definition) is 3. The number of furan rings is 1. The van der Waals surface area contributed by atoms with Crippen molar-refractivity contribution in [2.45, 2.75) is 33.4 Å². The maximum atomic E-state index is 5.60. The van der Waals surface area contributed by atoms with Crippen molar-refractivity contribution in [3.63, 3.8) is 0 Å². The Morgan fingerprint density at radius 1 is 1.10 bits per heavy atom. The fourth-order valence-corrected chi connectivity index (χ4v) is 2.34. The van der Waals surface area contributed by atoms with Crippen LogP contribution in [0.4, 0.5) is 0 Å². The molecule has 1 N–H and O–H groups in total. The Labute approximate surface area is 121 Å². The lowest BCUT2D eigenvalue weighted by Gasteiger charge is -2.22. The Kier molecular flexibility index (Phi) is 4.85. The number of hydrogen-bond donors (Lipinski definition) is 1. The molecule has 0 spiro atoms. The lowest BCUT2D eigenvalue weighted by Crippen LogP contribution is -2.25. The number of aryl methyl sites for hydroxylation is 1. The summed E-state index contributed by atoms with van der Waals surface area (Å²) in [5.74, 6) is 3.31. The lowest BCUT2D eigenvalue weighted by atomic mass is 9.96. The topological polar surface area (TPSA) is 34.4 Å². The molecule has 1 unspecified atom stereocenters. The summed E-state index contributed by atoms with van der Waals surface area (Å²) in [6.07, 6.45) is 0. The summed E-state index contributed by atoms with van der Waals surface area (Å²) in [5.41, 5.74) is 1.27. The largest absolute Gasteiger partial charge is 0.497 e. The van der Waals surface area contributed by atoms with E-state index in [-0.39, 0.29) is 0 Å². The first-order valence-electron chi connectivity index (χ1n) is 7.03. The van der Waals surface area contributed by atoms with Gasteiger partial charge < -0.3 is 14.5 Å². The molecule has 108 valence electrons. The Bertz CT molecular complexity index is 528. The van der Waals surface area contributed by atoms with Gasteiger partial charge in [-0.05, 0) is 42.7 Å². The van der Waals surface area contributed by atoms with Gasteiger partial charge in [0.1, 0.15) is 17.3 Å². The van der Waals surface area contributed by atoms with E-state index >= 15 is 0 Å². The van der Waals surface area contributed by atoms with Crippen LogP contribution in [0, 0.1) is 12.8 Å². The van der Waals surface area contributed by atoms with Crippen LogP contribution in [-0.2, 0) is 6.54 Å². The molecule has 0 fully saturated rings. The van der Waals surface area contributed by atoms with Crippen LogP contribution in [0.25, 0.3) is 0 Å². The molecule has 0 amide bonds. The predicted molar refractivity (Wildman–Crippen MR) is 80.9 cm³/mol. The molecule has 3 nitrogen and oxygen atoms in total. The van der Waals surface area contributed by atoms with Crippen LogP contribution in [0.2, 0.25) is 0 Å². The molecule has 0 saturated carbocycles. The third kappa shape index (κ3) is 3.64. The van der Waals surface area contributed by atoms with Gasteiger partial charge in [0.25, 0.3) is 0 Å². The quantitative estimate of drug-likeness (QED) is 0.861. The minimum Gasteiger partial charge on any atom is -0.497 e. The van der Waals surface area contributed by atoms with Gasteiger partial charge in [-0.15, -0.1) is 0 Å². The van der Waals surface area contributed by atoms with Gasteiger partial charge in [-0.25, -0.2) is 0 Å². The van der Waals surface area contributed by atoms with E-state index in [1.54, 1.807) is 7.11 Å². The lowest BCUT2D eigenvalue weighted by molar-refractivity contribution is 0.378. The van der Waals surface area contributed by atoms with Gasteiger partial charge in [0.15, 0.2) is 0 Å². The summed E-state index contributed by atoms with van der Waals surface area (Å²) in [6, 6.07) is 12.6. The van der Waals surface area contributed by atoms with E-state index in [4.69, 9.17) is 9.15 Å². The van der Waals surface area contributed by atoms with E-state index in [2.05, 4.69) is 31.3 Å². The summed E-state index contributed by atoms with van der Waals surface area (Å²) in [5, 5.41) is 3.57. The monoisotopic (exact) mass is 273 g/mol. The highest BCUT2D eigenvalue weighted by Crippen LogP contribution is 2.24. The summed E-state index contributed by atoms with van der Waals surface area (Å²) < 4.78 is 10.8. The number of benzene rings is 1. The van der Waals surface area contributed by atoms with Crippen molar-refractivity contribution < 1.29 is 9.15 Å². The van der Waals surface area contributed by atoms with Crippen molar-refractivity contribution in [2.24, 2.45) is 5.92 Å². The highest BCUT2D eigenvalue weighted by Gasteiger charge is 2.15. The van der Waals surface area contributed by atoms with E-state index in [0.717, 1.165) is 23.8 Å². The molecule has 20 heavy (non-hydrogen) atoms. The molecule has 0 aliphatic heterocycles. The highest BCUT2D eigenvalue weighted by molar-refractivity contribution is 5.29. The zero-order chi connectivity index (χ0) is 14.5. The van der Waals surface area contributed by atoms with Crippen molar-refractivity contribution in [3.05, 3.63) is 53.5 Å². The van der Waals surface area contributed by atoms with Gasteiger partial charge in [0, 0.05) is 6.04 Å². The van der Waals surface area contributed by atoms with Crippen LogP contribution in [0.15, 0.2) is 40.8 Å². The average molecular weight is 273 g/mol. The standard InChI is InChI=1S/C17H23NO2/c1-12(2)17(14-6-9-15(19-4)10-7-14)18-11-16-8-5-13(3)20-16/h5-10,12,17-18H,11H2,1-4H3. The van der Waals surface area contributed by atoms with Crippen LogP contribution in [0.5, 0.6) is 5.75 Å². The molecule has 0 aliphatic carbocycles. The van der Waals surface area contributed by atoms with E-state index in [1.807, 2.05) is 31.2 Å². The van der Waals surface area contributed by atoms with Crippen molar-refractivity contribution in [1.29, 1.82) is 0 Å². The molecule has 0 bridgehead atoms. The van der Waals surface area contributed by atoms with Gasteiger partial charge in [0.2, 0.25) is 0 Å². The van der Waals surface area contributed by atoms with Gasteiger partial charge in [-0.1, -0.05) is 26.0 Å². The third-order valence-corrected chi connectivity index (χ3v) is 3.43. The molecule has 0 radical (unpaired) electrons.